The van der Waals surface area contributed by atoms with Crippen LogP contribution in [0.3, 0.4) is 0 Å². The first-order valence-corrected chi connectivity index (χ1v) is 22.6. The van der Waals surface area contributed by atoms with Crippen LogP contribution in [-0.4, -0.2) is 0 Å². The molecule has 0 saturated carbocycles. The first-order chi connectivity index (χ1) is 27.7. The van der Waals surface area contributed by atoms with Crippen LogP contribution in [-0.2, 0) is 13.1 Å². The summed E-state index contributed by atoms with van der Waals surface area (Å²) in [7, 11) is -4.87. The molecule has 0 aliphatic rings. The lowest BCUT2D eigenvalue weighted by Gasteiger charge is -2.27. The highest BCUT2D eigenvalue weighted by Gasteiger charge is 2.29. The third-order valence-electron chi connectivity index (χ3n) is 10.2. The average Bonchev–Trinajstić information content (AvgIpc) is 3.28. The largest absolute Gasteiger partial charge is 0.308 e. The maximum Gasteiger partial charge on any atom is 0.0670 e. The minimum Gasteiger partial charge on any atom is -0.308 e. The minimum atomic E-state index is -2.44. The highest BCUT2D eigenvalue weighted by Crippen LogP contribution is 2.51. The van der Waals surface area contributed by atoms with E-state index in [1.807, 2.05) is 0 Å². The third kappa shape index (κ3) is 7.68. The van der Waals surface area contributed by atoms with E-state index < -0.39 is 14.1 Å². The smallest absolute Gasteiger partial charge is 0.0670 e. The average molecular weight is 762 g/mol. The number of rotatable bonds is 12. The van der Waals surface area contributed by atoms with Gasteiger partial charge in [0.1, 0.15) is 0 Å². The SMILES string of the molecule is Cc1ccc(N=P(c2ccccc2)(c2ccccc2)c2ccccc2)c(CNCc2ccccc2N=P(c2ccccc2)(c2ccccc2)c2ccccc2)c1. The van der Waals surface area contributed by atoms with E-state index in [4.69, 9.17) is 9.49 Å². The van der Waals surface area contributed by atoms with Crippen molar-refractivity contribution >= 4 is 57.3 Å². The quantitative estimate of drug-likeness (QED) is 0.124. The van der Waals surface area contributed by atoms with Crippen LogP contribution in [0.1, 0.15) is 16.7 Å². The summed E-state index contributed by atoms with van der Waals surface area (Å²) >= 11 is 0. The first-order valence-electron chi connectivity index (χ1n) is 19.1. The molecule has 1 N–H and O–H groups in total. The van der Waals surface area contributed by atoms with Gasteiger partial charge in [-0.2, -0.15) is 0 Å². The van der Waals surface area contributed by atoms with E-state index in [1.165, 1.54) is 43.0 Å². The molecule has 0 aliphatic carbocycles. The summed E-state index contributed by atoms with van der Waals surface area (Å²) < 4.78 is 11.8. The summed E-state index contributed by atoms with van der Waals surface area (Å²) in [6, 6.07) is 80.3. The molecule has 0 unspecified atom stereocenters. The van der Waals surface area contributed by atoms with E-state index in [1.54, 1.807) is 0 Å². The zero-order valence-electron chi connectivity index (χ0n) is 31.6. The molecule has 0 fully saturated rings. The lowest BCUT2D eigenvalue weighted by atomic mass is 10.1. The van der Waals surface area contributed by atoms with E-state index in [0.717, 1.165) is 16.9 Å². The van der Waals surface area contributed by atoms with E-state index in [-0.39, 0.29) is 0 Å². The van der Waals surface area contributed by atoms with Crippen LogP contribution in [0, 0.1) is 6.92 Å². The first kappa shape index (κ1) is 37.1. The number of hydrogen-bond acceptors (Lipinski definition) is 3. The highest BCUT2D eigenvalue weighted by atomic mass is 31.2. The Kier molecular flexibility index (Phi) is 11.5. The standard InChI is InChI=1S/C51H45N3P2/c1-41-36-37-51(54-56(47-29-14-5-15-30-47,48-31-16-6-17-32-48)49-33-18-7-19-34-49)43(38-41)40-52-39-42-22-20-21-35-50(42)53-55(44-23-8-2-9-24-44,45-25-10-3-11-26-45)46-27-12-4-13-28-46/h2-38,52H,39-40H2,1H3. The van der Waals surface area contributed by atoms with Gasteiger partial charge in [0.2, 0.25) is 0 Å². The van der Waals surface area contributed by atoms with Gasteiger partial charge in [0.15, 0.2) is 0 Å². The van der Waals surface area contributed by atoms with Crippen LogP contribution >= 0.6 is 14.1 Å². The Bertz CT molecular complexity index is 2410. The zero-order chi connectivity index (χ0) is 38.0. The second-order valence-electron chi connectivity index (χ2n) is 13.8. The number of hydrogen-bond donors (Lipinski definition) is 1. The van der Waals surface area contributed by atoms with E-state index >= 15 is 0 Å². The lowest BCUT2D eigenvalue weighted by Crippen LogP contribution is -2.25. The van der Waals surface area contributed by atoms with Gasteiger partial charge in [0.05, 0.1) is 25.5 Å². The summed E-state index contributed by atoms with van der Waals surface area (Å²) in [5.74, 6) is 0. The van der Waals surface area contributed by atoms with Crippen LogP contribution in [0.2, 0.25) is 0 Å². The van der Waals surface area contributed by atoms with Crippen molar-refractivity contribution in [2.24, 2.45) is 9.49 Å². The molecule has 274 valence electrons. The third-order valence-corrected chi connectivity index (χ3v) is 17.5. The Hall–Kier alpha value is -5.82. The molecule has 8 rings (SSSR count). The number of benzene rings is 8. The molecule has 8 aromatic carbocycles. The van der Waals surface area contributed by atoms with Crippen LogP contribution in [0.4, 0.5) is 11.4 Å². The van der Waals surface area contributed by atoms with Crippen LogP contribution in [0.15, 0.2) is 234 Å². The second kappa shape index (κ2) is 17.3. The molecule has 5 heteroatoms. The number of aryl methyl sites for hydroxylation is 1. The van der Waals surface area contributed by atoms with E-state index in [0.29, 0.717) is 13.1 Å². The van der Waals surface area contributed by atoms with Crippen LogP contribution < -0.4 is 37.1 Å². The van der Waals surface area contributed by atoms with E-state index in [2.05, 4.69) is 237 Å². The predicted octanol–water partition coefficient (Wildman–Crippen LogP) is 10.9. The zero-order valence-corrected chi connectivity index (χ0v) is 33.4. The van der Waals surface area contributed by atoms with Crippen molar-refractivity contribution in [2.45, 2.75) is 20.0 Å². The van der Waals surface area contributed by atoms with Gasteiger partial charge in [-0.3, -0.25) is 9.49 Å². The maximum atomic E-state index is 5.89. The molecule has 8 aromatic rings. The van der Waals surface area contributed by atoms with Crippen molar-refractivity contribution in [1.29, 1.82) is 0 Å². The molecule has 0 aromatic heterocycles. The molecule has 0 bridgehead atoms. The van der Waals surface area contributed by atoms with E-state index in [9.17, 15) is 0 Å². The lowest BCUT2D eigenvalue weighted by molar-refractivity contribution is 0.694. The fourth-order valence-electron chi connectivity index (χ4n) is 7.47. The fraction of sp³-hybridized carbons (Fsp3) is 0.0588. The van der Waals surface area contributed by atoms with Gasteiger partial charge in [0, 0.05) is 44.9 Å². The summed E-state index contributed by atoms with van der Waals surface area (Å²) in [5, 5.41) is 11.2. The molecule has 0 amide bonds. The van der Waals surface area contributed by atoms with Gasteiger partial charge >= 0.3 is 0 Å². The molecule has 0 heterocycles. The van der Waals surface area contributed by atoms with Crippen molar-refractivity contribution in [3.63, 3.8) is 0 Å². The summed E-state index contributed by atoms with van der Waals surface area (Å²) in [6.45, 7) is 3.47. The summed E-state index contributed by atoms with van der Waals surface area (Å²) in [6.07, 6.45) is 0. The minimum absolute atomic E-state index is 0.655. The Morgan fingerprint density at radius 1 is 0.339 bits per heavy atom. The highest BCUT2D eigenvalue weighted by molar-refractivity contribution is 7.88. The second-order valence-corrected chi connectivity index (χ2v) is 19.9. The van der Waals surface area contributed by atoms with Crippen molar-refractivity contribution < 1.29 is 0 Å². The monoisotopic (exact) mass is 761 g/mol. The Labute approximate surface area is 331 Å². The molecular formula is C51H45N3P2. The molecule has 3 nitrogen and oxygen atoms in total. The number of nitrogens with zero attached hydrogens (tertiary/aromatic N) is 2. The molecule has 0 radical (unpaired) electrons. The topological polar surface area (TPSA) is 36.8 Å². The van der Waals surface area contributed by atoms with Crippen molar-refractivity contribution in [3.05, 3.63) is 241 Å². The fourth-order valence-corrected chi connectivity index (χ4v) is 14.6. The predicted molar refractivity (Wildman–Crippen MR) is 243 cm³/mol. The van der Waals surface area contributed by atoms with Crippen molar-refractivity contribution in [3.8, 4) is 0 Å². The Morgan fingerprint density at radius 2 is 0.643 bits per heavy atom. The van der Waals surface area contributed by atoms with Gasteiger partial charge in [-0.1, -0.05) is 218 Å². The Morgan fingerprint density at radius 3 is 1.02 bits per heavy atom. The summed E-state index contributed by atoms with van der Waals surface area (Å²) in [5.41, 5.74) is 5.55. The van der Waals surface area contributed by atoms with Crippen LogP contribution in [0.5, 0.6) is 0 Å². The molecule has 0 spiro atoms. The van der Waals surface area contributed by atoms with Crippen LogP contribution in [0.25, 0.3) is 0 Å². The normalized spacial score (nSPS) is 11.5. The number of nitrogens with one attached hydrogen (secondary N) is 1. The molecule has 0 saturated heterocycles. The molecule has 0 aliphatic heterocycles. The molecular weight excluding hydrogens is 717 g/mol. The van der Waals surface area contributed by atoms with Gasteiger partial charge in [-0.15, -0.1) is 0 Å². The summed E-state index contributed by atoms with van der Waals surface area (Å²) in [4.78, 5) is 0. The molecule has 0 atom stereocenters. The Balaban J connectivity index is 1.22. The van der Waals surface area contributed by atoms with Crippen molar-refractivity contribution in [1.82, 2.24) is 5.32 Å². The van der Waals surface area contributed by atoms with Gasteiger partial charge in [-0.05, 0) is 30.2 Å². The van der Waals surface area contributed by atoms with Gasteiger partial charge < -0.3 is 5.32 Å². The van der Waals surface area contributed by atoms with Gasteiger partial charge in [-0.25, -0.2) is 0 Å². The maximum absolute atomic E-state index is 5.89. The van der Waals surface area contributed by atoms with Gasteiger partial charge in [0.25, 0.3) is 0 Å². The molecule has 56 heavy (non-hydrogen) atoms. The van der Waals surface area contributed by atoms with Crippen molar-refractivity contribution in [2.75, 3.05) is 0 Å².